The number of amides is 1. The molecule has 1 amide bonds. The zero-order valence-corrected chi connectivity index (χ0v) is 10.8. The van der Waals surface area contributed by atoms with E-state index >= 15 is 0 Å². The van der Waals surface area contributed by atoms with Gasteiger partial charge in [-0.05, 0) is 12.5 Å². The molecule has 0 fully saturated rings. The molecular formula is C12H17ClN2O3. The molecule has 6 heteroatoms. The number of hydrogen-bond donors (Lipinski definition) is 3. The topological polar surface area (TPSA) is 92.4 Å². The van der Waals surface area contributed by atoms with E-state index in [9.17, 15) is 9.59 Å². The molecule has 5 nitrogen and oxygen atoms in total. The van der Waals surface area contributed by atoms with Gasteiger partial charge in [-0.1, -0.05) is 30.3 Å². The van der Waals surface area contributed by atoms with Gasteiger partial charge in [0.05, 0.1) is 18.5 Å². The summed E-state index contributed by atoms with van der Waals surface area (Å²) in [5, 5.41) is 11.4. The summed E-state index contributed by atoms with van der Waals surface area (Å²) in [6.07, 6.45) is -0.164. The number of rotatable bonds is 5. The van der Waals surface area contributed by atoms with E-state index in [4.69, 9.17) is 10.8 Å². The highest BCUT2D eigenvalue weighted by atomic mass is 35.5. The fraction of sp³-hybridized carbons (Fsp3) is 0.333. The number of aliphatic carboxylic acids is 1. The van der Waals surface area contributed by atoms with Crippen LogP contribution >= 0.6 is 12.4 Å². The maximum absolute atomic E-state index is 11.5. The summed E-state index contributed by atoms with van der Waals surface area (Å²) < 4.78 is 0. The number of carbonyl (C=O) groups is 2. The van der Waals surface area contributed by atoms with E-state index in [2.05, 4.69) is 5.32 Å². The van der Waals surface area contributed by atoms with Crippen molar-refractivity contribution in [2.24, 2.45) is 5.73 Å². The second kappa shape index (κ2) is 7.68. The van der Waals surface area contributed by atoms with Gasteiger partial charge in [-0.25, -0.2) is 0 Å². The van der Waals surface area contributed by atoms with E-state index in [1.807, 2.05) is 6.07 Å². The number of nitrogens with two attached hydrogens (primary N) is 1. The number of carboxylic acids is 1. The number of halogens is 1. The third-order valence-electron chi connectivity index (χ3n) is 2.31. The SMILES string of the molecule is CC(N)C(=O)NC(CC(=O)O)c1ccccc1.Cl. The van der Waals surface area contributed by atoms with Crippen LogP contribution in [0.25, 0.3) is 0 Å². The van der Waals surface area contributed by atoms with Crippen LogP contribution in [0.15, 0.2) is 30.3 Å². The molecule has 0 aromatic heterocycles. The average molecular weight is 273 g/mol. The van der Waals surface area contributed by atoms with Gasteiger partial charge in [0.1, 0.15) is 0 Å². The minimum Gasteiger partial charge on any atom is -0.481 e. The minimum absolute atomic E-state index is 0. The molecule has 0 saturated heterocycles. The van der Waals surface area contributed by atoms with Crippen LogP contribution in [0.3, 0.4) is 0 Å². The Morgan fingerprint density at radius 1 is 1.33 bits per heavy atom. The fourth-order valence-electron chi connectivity index (χ4n) is 1.42. The number of carboxylic acid groups (broad SMARTS) is 1. The third-order valence-corrected chi connectivity index (χ3v) is 2.31. The largest absolute Gasteiger partial charge is 0.481 e. The van der Waals surface area contributed by atoms with Crippen molar-refractivity contribution >= 4 is 24.3 Å². The molecule has 0 aliphatic heterocycles. The van der Waals surface area contributed by atoms with Crippen molar-refractivity contribution in [2.75, 3.05) is 0 Å². The van der Waals surface area contributed by atoms with Crippen LogP contribution in [0, 0.1) is 0 Å². The number of benzene rings is 1. The molecule has 0 saturated carbocycles. The fourth-order valence-corrected chi connectivity index (χ4v) is 1.42. The Kier molecular flexibility index (Phi) is 7.00. The molecule has 18 heavy (non-hydrogen) atoms. The number of carbonyl (C=O) groups excluding carboxylic acids is 1. The molecule has 0 bridgehead atoms. The Bertz CT molecular complexity index is 396. The smallest absolute Gasteiger partial charge is 0.305 e. The lowest BCUT2D eigenvalue weighted by Gasteiger charge is -2.18. The van der Waals surface area contributed by atoms with Gasteiger partial charge in [0.2, 0.25) is 5.91 Å². The van der Waals surface area contributed by atoms with E-state index in [1.165, 1.54) is 0 Å². The monoisotopic (exact) mass is 272 g/mol. The van der Waals surface area contributed by atoms with Crippen LogP contribution in [-0.4, -0.2) is 23.0 Å². The lowest BCUT2D eigenvalue weighted by Crippen LogP contribution is -2.40. The number of hydrogen-bond acceptors (Lipinski definition) is 3. The average Bonchev–Trinajstić information content (AvgIpc) is 2.28. The van der Waals surface area contributed by atoms with Crippen molar-refractivity contribution in [3.8, 4) is 0 Å². The highest BCUT2D eigenvalue weighted by Crippen LogP contribution is 2.16. The Hall–Kier alpha value is -1.59. The zero-order chi connectivity index (χ0) is 12.8. The Balaban J connectivity index is 0.00000289. The standard InChI is InChI=1S/C12H16N2O3.ClH/c1-8(13)12(17)14-10(7-11(15)16)9-5-3-2-4-6-9;/h2-6,8,10H,7,13H2,1H3,(H,14,17)(H,15,16);1H. The quantitative estimate of drug-likeness (QED) is 0.748. The van der Waals surface area contributed by atoms with Crippen LogP contribution in [0.2, 0.25) is 0 Å². The highest BCUT2D eigenvalue weighted by molar-refractivity contribution is 5.85. The van der Waals surface area contributed by atoms with E-state index in [0.717, 1.165) is 5.56 Å². The van der Waals surface area contributed by atoms with E-state index in [1.54, 1.807) is 31.2 Å². The predicted molar refractivity (Wildman–Crippen MR) is 70.5 cm³/mol. The van der Waals surface area contributed by atoms with Gasteiger partial charge in [-0.15, -0.1) is 12.4 Å². The second-order valence-corrected chi connectivity index (χ2v) is 3.86. The van der Waals surface area contributed by atoms with Crippen molar-refractivity contribution in [3.05, 3.63) is 35.9 Å². The lowest BCUT2D eigenvalue weighted by molar-refractivity contribution is -0.137. The molecular weight excluding hydrogens is 256 g/mol. The molecule has 0 aliphatic rings. The van der Waals surface area contributed by atoms with Crippen molar-refractivity contribution in [1.82, 2.24) is 5.32 Å². The molecule has 1 aromatic rings. The summed E-state index contributed by atoms with van der Waals surface area (Å²) in [5.74, 6) is -1.33. The first-order chi connectivity index (χ1) is 8.00. The minimum atomic E-state index is -0.969. The molecule has 1 aromatic carbocycles. The van der Waals surface area contributed by atoms with Crippen molar-refractivity contribution in [3.63, 3.8) is 0 Å². The van der Waals surface area contributed by atoms with E-state index in [0.29, 0.717) is 0 Å². The van der Waals surface area contributed by atoms with Gasteiger partial charge in [-0.3, -0.25) is 9.59 Å². The van der Waals surface area contributed by atoms with Gasteiger partial charge in [0.25, 0.3) is 0 Å². The summed E-state index contributed by atoms with van der Waals surface area (Å²) in [6, 6.07) is 7.76. The lowest BCUT2D eigenvalue weighted by atomic mass is 10.0. The van der Waals surface area contributed by atoms with E-state index < -0.39 is 18.1 Å². The first-order valence-corrected chi connectivity index (χ1v) is 5.33. The summed E-state index contributed by atoms with van der Waals surface area (Å²) in [6.45, 7) is 1.55. The predicted octanol–water partition coefficient (Wildman–Crippen LogP) is 1.09. The van der Waals surface area contributed by atoms with Gasteiger partial charge < -0.3 is 16.2 Å². The molecule has 1 rings (SSSR count). The van der Waals surface area contributed by atoms with Crippen LogP contribution in [0.4, 0.5) is 0 Å². The van der Waals surface area contributed by atoms with Crippen molar-refractivity contribution in [2.45, 2.75) is 25.4 Å². The molecule has 0 heterocycles. The van der Waals surface area contributed by atoms with Gasteiger partial charge >= 0.3 is 5.97 Å². The number of nitrogens with one attached hydrogen (secondary N) is 1. The third kappa shape index (κ3) is 5.16. The molecule has 0 spiro atoms. The Morgan fingerprint density at radius 2 is 1.89 bits per heavy atom. The summed E-state index contributed by atoms with van der Waals surface area (Å²) >= 11 is 0. The first-order valence-electron chi connectivity index (χ1n) is 5.33. The molecule has 0 radical (unpaired) electrons. The summed E-state index contributed by atoms with van der Waals surface area (Å²) in [7, 11) is 0. The highest BCUT2D eigenvalue weighted by Gasteiger charge is 2.19. The first kappa shape index (κ1) is 16.4. The maximum atomic E-state index is 11.5. The molecule has 2 unspecified atom stereocenters. The van der Waals surface area contributed by atoms with Gasteiger partial charge in [-0.2, -0.15) is 0 Å². The Labute approximate surface area is 112 Å². The van der Waals surface area contributed by atoms with Crippen LogP contribution in [0.5, 0.6) is 0 Å². The van der Waals surface area contributed by atoms with Crippen LogP contribution in [0.1, 0.15) is 24.9 Å². The maximum Gasteiger partial charge on any atom is 0.305 e. The van der Waals surface area contributed by atoms with E-state index in [-0.39, 0.29) is 24.7 Å². The summed E-state index contributed by atoms with van der Waals surface area (Å²) in [5.41, 5.74) is 6.19. The normalized spacial score (nSPS) is 13.0. The van der Waals surface area contributed by atoms with Crippen LogP contribution in [-0.2, 0) is 9.59 Å². The molecule has 2 atom stereocenters. The summed E-state index contributed by atoms with van der Waals surface area (Å²) in [4.78, 5) is 22.2. The second-order valence-electron chi connectivity index (χ2n) is 3.86. The zero-order valence-electron chi connectivity index (χ0n) is 10.00. The molecule has 4 N–H and O–H groups in total. The van der Waals surface area contributed by atoms with Crippen molar-refractivity contribution < 1.29 is 14.7 Å². The van der Waals surface area contributed by atoms with Crippen molar-refractivity contribution in [1.29, 1.82) is 0 Å². The molecule has 0 aliphatic carbocycles. The van der Waals surface area contributed by atoms with Crippen LogP contribution < -0.4 is 11.1 Å². The molecule has 100 valence electrons. The van der Waals surface area contributed by atoms with Gasteiger partial charge in [0, 0.05) is 0 Å². The Morgan fingerprint density at radius 3 is 2.33 bits per heavy atom. The van der Waals surface area contributed by atoms with Gasteiger partial charge in [0.15, 0.2) is 0 Å².